The molecule has 0 fully saturated rings. The van der Waals surface area contributed by atoms with E-state index in [2.05, 4.69) is 20.5 Å². The summed E-state index contributed by atoms with van der Waals surface area (Å²) in [7, 11) is 0. The van der Waals surface area contributed by atoms with Crippen LogP contribution < -0.4 is 10.3 Å². The van der Waals surface area contributed by atoms with Crippen LogP contribution in [-0.2, 0) is 0 Å². The number of aromatic nitrogens is 2. The molecule has 0 radical (unpaired) electrons. The Morgan fingerprint density at radius 2 is 2.10 bits per heavy atom. The highest BCUT2D eigenvalue weighted by Gasteiger charge is 2.03. The number of fused-ring (bicyclic) bond motifs is 1. The second kappa shape index (κ2) is 5.05. The second-order valence-corrected chi connectivity index (χ2v) is 4.56. The lowest BCUT2D eigenvalue weighted by molar-refractivity contribution is -0.375. The van der Waals surface area contributed by atoms with Crippen LogP contribution in [0.5, 0.6) is 0 Å². The topological polar surface area (TPSA) is 68.5 Å². The van der Waals surface area contributed by atoms with E-state index in [4.69, 9.17) is 0 Å². The van der Waals surface area contributed by atoms with Gasteiger partial charge < -0.3 is 5.32 Å². The molecule has 0 aliphatic carbocycles. The molecule has 0 saturated carbocycles. The lowest BCUT2D eigenvalue weighted by Crippen LogP contribution is -1.98. The number of anilines is 2. The molecule has 0 unspecified atom stereocenters. The minimum absolute atomic E-state index is 0.401. The third-order valence-corrected chi connectivity index (χ3v) is 3.13. The summed E-state index contributed by atoms with van der Waals surface area (Å²) in [5.74, 6) is 0.604. The van der Waals surface area contributed by atoms with Crippen LogP contribution in [0.2, 0.25) is 0 Å². The Labute approximate surface area is 115 Å². The molecule has 1 aromatic carbocycles. The van der Waals surface area contributed by atoms with Gasteiger partial charge in [0.05, 0.1) is 0 Å². The fraction of sp³-hybridized carbons (Fsp3) is 0.0667. The standard InChI is InChI=1S/C15H12N4O/c1-10-8-17-15(7-14(10)19-20)18-13-3-2-12-9-16-5-4-11(12)6-13/h2-9H,1H3,(H,17,18)/p+1. The van der Waals surface area contributed by atoms with Gasteiger partial charge in [0.2, 0.25) is 0 Å². The number of H-pyrrole nitrogens is 1. The van der Waals surface area contributed by atoms with Crippen molar-refractivity contribution in [2.75, 3.05) is 5.32 Å². The van der Waals surface area contributed by atoms with Crippen molar-refractivity contribution in [3.05, 3.63) is 59.4 Å². The summed E-state index contributed by atoms with van der Waals surface area (Å²) in [4.78, 5) is 18.0. The van der Waals surface area contributed by atoms with Crippen molar-refractivity contribution in [1.29, 1.82) is 0 Å². The molecule has 98 valence electrons. The zero-order valence-electron chi connectivity index (χ0n) is 10.9. The quantitative estimate of drug-likeness (QED) is 0.737. The highest BCUT2D eigenvalue weighted by molar-refractivity contribution is 5.85. The van der Waals surface area contributed by atoms with Crippen molar-refractivity contribution in [3.8, 4) is 0 Å². The summed E-state index contributed by atoms with van der Waals surface area (Å²) in [6, 6.07) is 9.65. The maximum absolute atomic E-state index is 10.7. The van der Waals surface area contributed by atoms with Crippen molar-refractivity contribution >= 4 is 28.0 Å². The number of nitrogens with one attached hydrogen (secondary N) is 2. The van der Waals surface area contributed by atoms with E-state index in [1.165, 1.54) is 0 Å². The molecule has 0 aliphatic heterocycles. The van der Waals surface area contributed by atoms with E-state index in [1.807, 2.05) is 36.7 Å². The number of benzene rings is 1. The number of hydrogen-bond donors (Lipinski definition) is 1. The summed E-state index contributed by atoms with van der Waals surface area (Å²) >= 11 is 0. The van der Waals surface area contributed by atoms with Gasteiger partial charge in [-0.2, -0.15) is 0 Å². The van der Waals surface area contributed by atoms with Crippen LogP contribution in [0.1, 0.15) is 5.56 Å². The van der Waals surface area contributed by atoms with Crippen molar-refractivity contribution in [3.63, 3.8) is 0 Å². The molecule has 2 aromatic heterocycles. The van der Waals surface area contributed by atoms with E-state index in [0.717, 1.165) is 22.0 Å². The molecule has 0 atom stereocenters. The van der Waals surface area contributed by atoms with Gasteiger partial charge in [-0.15, -0.1) is 4.91 Å². The predicted molar refractivity (Wildman–Crippen MR) is 78.2 cm³/mol. The largest absolute Gasteiger partial charge is 0.340 e. The van der Waals surface area contributed by atoms with Gasteiger partial charge in [0.15, 0.2) is 12.4 Å². The fourth-order valence-electron chi connectivity index (χ4n) is 2.03. The van der Waals surface area contributed by atoms with Crippen molar-refractivity contribution in [2.45, 2.75) is 6.92 Å². The molecule has 0 saturated heterocycles. The lowest BCUT2D eigenvalue weighted by atomic mass is 10.1. The summed E-state index contributed by atoms with van der Waals surface area (Å²) in [6.45, 7) is 1.81. The van der Waals surface area contributed by atoms with E-state index in [0.29, 0.717) is 11.5 Å². The lowest BCUT2D eigenvalue weighted by Gasteiger charge is -2.07. The minimum Gasteiger partial charge on any atom is -0.340 e. The fourth-order valence-corrected chi connectivity index (χ4v) is 2.03. The third kappa shape index (κ3) is 2.33. The summed E-state index contributed by atoms with van der Waals surface area (Å²) in [5, 5.41) is 8.42. The van der Waals surface area contributed by atoms with Gasteiger partial charge in [-0.1, -0.05) is 0 Å². The maximum Gasteiger partial charge on any atom is 0.174 e. The number of aryl methyl sites for hydroxylation is 1. The highest BCUT2D eigenvalue weighted by atomic mass is 16.3. The van der Waals surface area contributed by atoms with Crippen LogP contribution in [0.15, 0.2) is 54.1 Å². The van der Waals surface area contributed by atoms with Gasteiger partial charge in [0.25, 0.3) is 0 Å². The molecule has 2 heterocycles. The van der Waals surface area contributed by atoms with Crippen LogP contribution in [-0.4, -0.2) is 4.98 Å². The first-order chi connectivity index (χ1) is 9.76. The van der Waals surface area contributed by atoms with Crippen molar-refractivity contribution < 1.29 is 4.98 Å². The Hall–Kier alpha value is -2.82. The number of nitroso groups, excluding NO2 is 1. The normalized spacial score (nSPS) is 10.4. The summed E-state index contributed by atoms with van der Waals surface area (Å²) in [6.07, 6.45) is 5.46. The first-order valence-electron chi connectivity index (χ1n) is 6.23. The zero-order chi connectivity index (χ0) is 13.9. The minimum atomic E-state index is 0.401. The van der Waals surface area contributed by atoms with Crippen LogP contribution in [0.4, 0.5) is 17.2 Å². The van der Waals surface area contributed by atoms with Gasteiger partial charge in [0.1, 0.15) is 11.5 Å². The van der Waals surface area contributed by atoms with E-state index >= 15 is 0 Å². The number of aromatic amines is 1. The second-order valence-electron chi connectivity index (χ2n) is 4.56. The molecule has 2 N–H and O–H groups in total. The van der Waals surface area contributed by atoms with Crippen molar-refractivity contribution in [2.24, 2.45) is 5.18 Å². The Balaban J connectivity index is 1.94. The summed E-state index contributed by atoms with van der Waals surface area (Å²) < 4.78 is 0. The van der Waals surface area contributed by atoms with Gasteiger partial charge >= 0.3 is 0 Å². The molecular formula is C15H13N4O+. The van der Waals surface area contributed by atoms with E-state index in [9.17, 15) is 4.91 Å². The number of pyridine rings is 2. The molecule has 0 bridgehead atoms. The number of nitrogens with zero attached hydrogens (tertiary/aromatic N) is 2. The monoisotopic (exact) mass is 265 g/mol. The molecule has 5 nitrogen and oxygen atoms in total. The number of rotatable bonds is 3. The van der Waals surface area contributed by atoms with E-state index in [1.54, 1.807) is 19.2 Å². The van der Waals surface area contributed by atoms with Gasteiger partial charge in [0, 0.05) is 29.4 Å². The average Bonchev–Trinajstić information content (AvgIpc) is 2.49. The van der Waals surface area contributed by atoms with E-state index in [-0.39, 0.29) is 0 Å². The van der Waals surface area contributed by atoms with Crippen LogP contribution in [0, 0.1) is 11.8 Å². The van der Waals surface area contributed by atoms with Gasteiger partial charge in [-0.25, -0.2) is 9.97 Å². The molecule has 3 aromatic rings. The molecule has 0 aliphatic rings. The molecule has 20 heavy (non-hydrogen) atoms. The molecule has 3 rings (SSSR count). The third-order valence-electron chi connectivity index (χ3n) is 3.13. The average molecular weight is 265 g/mol. The molecule has 0 amide bonds. The van der Waals surface area contributed by atoms with Crippen molar-refractivity contribution in [1.82, 2.24) is 4.98 Å². The number of hydrogen-bond acceptors (Lipinski definition) is 4. The van der Waals surface area contributed by atoms with Crippen LogP contribution in [0.25, 0.3) is 10.8 Å². The Kier molecular flexibility index (Phi) is 3.09. The first-order valence-corrected chi connectivity index (χ1v) is 6.23. The first kappa shape index (κ1) is 12.2. The summed E-state index contributed by atoms with van der Waals surface area (Å²) in [5.41, 5.74) is 2.08. The van der Waals surface area contributed by atoms with Gasteiger partial charge in [-0.3, -0.25) is 0 Å². The zero-order valence-corrected chi connectivity index (χ0v) is 10.9. The van der Waals surface area contributed by atoms with Crippen LogP contribution in [0.3, 0.4) is 0 Å². The Bertz CT molecular complexity index is 786. The Morgan fingerprint density at radius 1 is 1.20 bits per heavy atom. The molecule has 5 heteroatoms. The molecular weight excluding hydrogens is 252 g/mol. The van der Waals surface area contributed by atoms with E-state index < -0.39 is 0 Å². The highest BCUT2D eigenvalue weighted by Crippen LogP contribution is 2.24. The van der Waals surface area contributed by atoms with Gasteiger partial charge in [-0.05, 0) is 41.2 Å². The molecule has 0 spiro atoms. The van der Waals surface area contributed by atoms with Crippen LogP contribution >= 0.6 is 0 Å². The predicted octanol–water partition coefficient (Wildman–Crippen LogP) is 3.50. The SMILES string of the molecule is Cc1cnc(Nc2ccc3c[nH+]ccc3c2)cc1N=O. The smallest absolute Gasteiger partial charge is 0.174 e. The maximum atomic E-state index is 10.7. The Morgan fingerprint density at radius 3 is 2.95 bits per heavy atom.